The summed E-state index contributed by atoms with van der Waals surface area (Å²) in [5, 5.41) is 12.3. The van der Waals surface area contributed by atoms with E-state index in [-0.39, 0.29) is 11.5 Å². The number of aromatic carboxylic acids is 1. The van der Waals surface area contributed by atoms with E-state index in [1.165, 1.54) is 25.3 Å². The lowest BCUT2D eigenvalue weighted by Crippen LogP contribution is -1.92. The van der Waals surface area contributed by atoms with E-state index >= 15 is 0 Å². The summed E-state index contributed by atoms with van der Waals surface area (Å²) in [5.74, 6) is -1.73. The minimum Gasteiger partial charge on any atom is -0.495 e. The van der Waals surface area contributed by atoms with E-state index in [9.17, 15) is 9.18 Å². The number of carbonyl (C=O) groups is 1. The molecule has 94 valence electrons. The Morgan fingerprint density at radius 2 is 2.22 bits per heavy atom. The molecule has 0 radical (unpaired) electrons. The highest BCUT2D eigenvalue weighted by molar-refractivity contribution is 9.10. The largest absolute Gasteiger partial charge is 0.495 e. The number of benzene rings is 1. The van der Waals surface area contributed by atoms with Gasteiger partial charge in [-0.3, -0.25) is 0 Å². The Bertz CT molecular complexity index is 611. The molecular weight excluding hydrogens is 309 g/mol. The van der Waals surface area contributed by atoms with Gasteiger partial charge in [0.15, 0.2) is 0 Å². The molecule has 5 nitrogen and oxygen atoms in total. The molecule has 0 saturated carbocycles. The zero-order valence-electron chi connectivity index (χ0n) is 9.11. The van der Waals surface area contributed by atoms with Gasteiger partial charge in [0.05, 0.1) is 11.6 Å². The highest BCUT2D eigenvalue weighted by Crippen LogP contribution is 2.36. The van der Waals surface area contributed by atoms with Crippen molar-refractivity contribution >= 4 is 21.9 Å². The fraction of sp³-hybridized carbons (Fsp3) is 0.0909. The molecule has 7 heteroatoms. The number of rotatable bonds is 3. The van der Waals surface area contributed by atoms with Crippen LogP contribution in [0.2, 0.25) is 0 Å². The molecule has 0 aliphatic rings. The number of halogens is 2. The van der Waals surface area contributed by atoms with Gasteiger partial charge in [0.2, 0.25) is 5.76 Å². The van der Waals surface area contributed by atoms with Crippen LogP contribution in [0.1, 0.15) is 10.6 Å². The average Bonchev–Trinajstić information content (AvgIpc) is 2.77. The van der Waals surface area contributed by atoms with Crippen molar-refractivity contribution in [3.05, 3.63) is 34.2 Å². The van der Waals surface area contributed by atoms with Gasteiger partial charge in [-0.1, -0.05) is 5.16 Å². The van der Waals surface area contributed by atoms with Crippen LogP contribution in [0.4, 0.5) is 4.39 Å². The Morgan fingerprint density at radius 3 is 2.78 bits per heavy atom. The third-order valence-electron chi connectivity index (χ3n) is 2.21. The molecule has 0 saturated heterocycles. The lowest BCUT2D eigenvalue weighted by atomic mass is 10.1. The van der Waals surface area contributed by atoms with E-state index in [4.69, 9.17) is 9.84 Å². The van der Waals surface area contributed by atoms with Crippen molar-refractivity contribution in [1.82, 2.24) is 5.16 Å². The van der Waals surface area contributed by atoms with Crippen molar-refractivity contribution in [2.75, 3.05) is 7.11 Å². The molecule has 0 atom stereocenters. The van der Waals surface area contributed by atoms with E-state index in [1.807, 2.05) is 0 Å². The van der Waals surface area contributed by atoms with Crippen LogP contribution in [-0.2, 0) is 0 Å². The SMILES string of the molecule is COc1c(Br)cc(F)cc1-c1cc(C(=O)O)on1. The molecule has 2 rings (SSSR count). The molecule has 18 heavy (non-hydrogen) atoms. The lowest BCUT2D eigenvalue weighted by Gasteiger charge is -2.08. The second-order valence-electron chi connectivity index (χ2n) is 3.35. The van der Waals surface area contributed by atoms with Crippen molar-refractivity contribution in [3.63, 3.8) is 0 Å². The Labute approximate surface area is 109 Å². The molecule has 1 aromatic carbocycles. The fourth-order valence-electron chi connectivity index (χ4n) is 1.46. The van der Waals surface area contributed by atoms with Crippen LogP contribution in [-0.4, -0.2) is 23.3 Å². The topological polar surface area (TPSA) is 72.6 Å². The smallest absolute Gasteiger partial charge is 0.374 e. The van der Waals surface area contributed by atoms with E-state index in [0.717, 1.165) is 0 Å². The number of nitrogens with zero attached hydrogens (tertiary/aromatic N) is 1. The molecule has 0 amide bonds. The molecule has 0 bridgehead atoms. The van der Waals surface area contributed by atoms with E-state index in [0.29, 0.717) is 15.8 Å². The maximum atomic E-state index is 13.3. The minimum absolute atomic E-state index is 0.185. The molecule has 1 aromatic heterocycles. The molecule has 1 heterocycles. The first kappa shape index (κ1) is 12.6. The molecule has 0 aliphatic heterocycles. The molecular formula is C11H7BrFNO4. The zero-order chi connectivity index (χ0) is 13.3. The average molecular weight is 316 g/mol. The number of hydrogen-bond acceptors (Lipinski definition) is 4. The summed E-state index contributed by atoms with van der Waals surface area (Å²) in [6.07, 6.45) is 0. The van der Waals surface area contributed by atoms with E-state index in [1.54, 1.807) is 0 Å². The van der Waals surface area contributed by atoms with Crippen LogP contribution in [0.15, 0.2) is 27.2 Å². The van der Waals surface area contributed by atoms with E-state index in [2.05, 4.69) is 25.6 Å². The van der Waals surface area contributed by atoms with Gasteiger partial charge in [0.1, 0.15) is 17.3 Å². The minimum atomic E-state index is -1.25. The Balaban J connectivity index is 2.58. The Kier molecular flexibility index (Phi) is 3.33. The summed E-state index contributed by atoms with van der Waals surface area (Å²) >= 11 is 3.15. The second-order valence-corrected chi connectivity index (χ2v) is 4.20. The first-order valence-corrected chi connectivity index (χ1v) is 5.55. The third-order valence-corrected chi connectivity index (χ3v) is 2.80. The highest BCUT2D eigenvalue weighted by atomic mass is 79.9. The maximum absolute atomic E-state index is 13.3. The van der Waals surface area contributed by atoms with Gasteiger partial charge >= 0.3 is 5.97 Å². The number of hydrogen-bond donors (Lipinski definition) is 1. The number of ether oxygens (including phenoxy) is 1. The summed E-state index contributed by atoms with van der Waals surface area (Å²) in [4.78, 5) is 10.7. The van der Waals surface area contributed by atoms with Crippen molar-refractivity contribution in [2.24, 2.45) is 0 Å². The number of carboxylic acid groups (broad SMARTS) is 1. The Hall–Kier alpha value is -1.89. The van der Waals surface area contributed by atoms with Gasteiger partial charge < -0.3 is 14.4 Å². The van der Waals surface area contributed by atoms with Crippen molar-refractivity contribution in [1.29, 1.82) is 0 Å². The monoisotopic (exact) mass is 315 g/mol. The molecule has 0 spiro atoms. The normalized spacial score (nSPS) is 10.4. The van der Waals surface area contributed by atoms with Gasteiger partial charge in [-0.2, -0.15) is 0 Å². The third kappa shape index (κ3) is 2.21. The van der Waals surface area contributed by atoms with Crippen LogP contribution >= 0.6 is 15.9 Å². The van der Waals surface area contributed by atoms with Crippen LogP contribution < -0.4 is 4.74 Å². The molecule has 0 aliphatic carbocycles. The zero-order valence-corrected chi connectivity index (χ0v) is 10.7. The fourth-order valence-corrected chi connectivity index (χ4v) is 2.06. The summed E-state index contributed by atoms with van der Waals surface area (Å²) in [6.45, 7) is 0. The van der Waals surface area contributed by atoms with Crippen molar-refractivity contribution in [2.45, 2.75) is 0 Å². The van der Waals surface area contributed by atoms with Gasteiger partial charge in [-0.25, -0.2) is 9.18 Å². The summed E-state index contributed by atoms with van der Waals surface area (Å²) < 4.78 is 23.5. The van der Waals surface area contributed by atoms with Crippen molar-refractivity contribution < 1.29 is 23.6 Å². The number of aromatic nitrogens is 1. The lowest BCUT2D eigenvalue weighted by molar-refractivity contribution is 0.0652. The van der Waals surface area contributed by atoms with Crippen LogP contribution in [0.3, 0.4) is 0 Å². The van der Waals surface area contributed by atoms with Crippen LogP contribution in [0.25, 0.3) is 11.3 Å². The van der Waals surface area contributed by atoms with Gasteiger partial charge in [0.25, 0.3) is 0 Å². The summed E-state index contributed by atoms with van der Waals surface area (Å²) in [5.41, 5.74) is 0.491. The summed E-state index contributed by atoms with van der Waals surface area (Å²) in [7, 11) is 1.42. The predicted octanol–water partition coefficient (Wildman–Crippen LogP) is 2.95. The molecule has 1 N–H and O–H groups in total. The van der Waals surface area contributed by atoms with Crippen molar-refractivity contribution in [3.8, 4) is 17.0 Å². The molecule has 2 aromatic rings. The number of carboxylic acids is 1. The quantitative estimate of drug-likeness (QED) is 0.942. The van der Waals surface area contributed by atoms with Crippen LogP contribution in [0, 0.1) is 5.82 Å². The van der Waals surface area contributed by atoms with Crippen LogP contribution in [0.5, 0.6) is 5.75 Å². The Morgan fingerprint density at radius 1 is 1.50 bits per heavy atom. The maximum Gasteiger partial charge on any atom is 0.374 e. The first-order valence-electron chi connectivity index (χ1n) is 4.76. The predicted molar refractivity (Wildman–Crippen MR) is 63.1 cm³/mol. The van der Waals surface area contributed by atoms with Gasteiger partial charge in [0, 0.05) is 11.6 Å². The number of methoxy groups -OCH3 is 1. The first-order chi connectivity index (χ1) is 8.52. The molecule has 0 unspecified atom stereocenters. The van der Waals surface area contributed by atoms with Gasteiger partial charge in [-0.15, -0.1) is 0 Å². The highest BCUT2D eigenvalue weighted by Gasteiger charge is 2.18. The van der Waals surface area contributed by atoms with Gasteiger partial charge in [-0.05, 0) is 28.1 Å². The summed E-state index contributed by atoms with van der Waals surface area (Å²) in [6, 6.07) is 3.62. The second kappa shape index (κ2) is 4.77. The standard InChI is InChI=1S/C11H7BrFNO4/c1-17-10-6(2-5(13)3-7(10)12)8-4-9(11(15)16)18-14-8/h2-4H,1H3,(H,15,16). The molecule has 0 fully saturated rings. The van der Waals surface area contributed by atoms with E-state index < -0.39 is 11.8 Å².